The second-order valence-corrected chi connectivity index (χ2v) is 5.75. The molecule has 0 fully saturated rings. The SMILES string of the molecule is O=C(O)c1ccc2nc3c(n2c1)Cc1cc(Br)ccc1-3. The normalized spacial score (nSPS) is 12.4. The molecule has 0 radical (unpaired) electrons. The molecule has 2 aromatic heterocycles. The van der Waals surface area contributed by atoms with Crippen molar-refractivity contribution in [1.29, 1.82) is 0 Å². The molecule has 1 aliphatic carbocycles. The highest BCUT2D eigenvalue weighted by molar-refractivity contribution is 9.10. The summed E-state index contributed by atoms with van der Waals surface area (Å²) in [5.74, 6) is -0.924. The topological polar surface area (TPSA) is 54.6 Å². The Balaban J connectivity index is 1.98. The van der Waals surface area contributed by atoms with Gasteiger partial charge in [0.25, 0.3) is 0 Å². The first-order valence-corrected chi connectivity index (χ1v) is 6.96. The average Bonchev–Trinajstić information content (AvgIpc) is 2.93. The first-order valence-electron chi connectivity index (χ1n) is 6.16. The Bertz CT molecular complexity index is 883. The van der Waals surface area contributed by atoms with Crippen LogP contribution < -0.4 is 0 Å². The van der Waals surface area contributed by atoms with Crippen molar-refractivity contribution >= 4 is 27.5 Å². The van der Waals surface area contributed by atoms with Crippen molar-refractivity contribution < 1.29 is 9.90 Å². The Kier molecular flexibility index (Phi) is 2.29. The Labute approximate surface area is 122 Å². The zero-order valence-corrected chi connectivity index (χ0v) is 11.9. The van der Waals surface area contributed by atoms with E-state index in [1.165, 1.54) is 5.56 Å². The molecule has 1 aromatic carbocycles. The van der Waals surface area contributed by atoms with E-state index in [0.29, 0.717) is 0 Å². The molecule has 0 atom stereocenters. The second kappa shape index (κ2) is 3.93. The van der Waals surface area contributed by atoms with Crippen molar-refractivity contribution in [2.24, 2.45) is 0 Å². The zero-order chi connectivity index (χ0) is 13.9. The minimum absolute atomic E-state index is 0.273. The van der Waals surface area contributed by atoms with E-state index in [2.05, 4.69) is 33.0 Å². The lowest BCUT2D eigenvalue weighted by Gasteiger charge is -2.01. The fourth-order valence-electron chi connectivity index (χ4n) is 2.72. The molecular formula is C15H9BrN2O2. The number of aromatic nitrogens is 2. The number of rotatable bonds is 1. The number of halogens is 1. The van der Waals surface area contributed by atoms with Gasteiger partial charge in [0.1, 0.15) is 5.65 Å². The van der Waals surface area contributed by atoms with Gasteiger partial charge in [-0.2, -0.15) is 0 Å². The lowest BCUT2D eigenvalue weighted by atomic mass is 10.1. The zero-order valence-electron chi connectivity index (χ0n) is 10.3. The summed E-state index contributed by atoms with van der Waals surface area (Å²) in [6, 6.07) is 9.48. The van der Waals surface area contributed by atoms with Crippen LogP contribution in [0.25, 0.3) is 16.9 Å². The number of carboxylic acids is 1. The van der Waals surface area contributed by atoms with Gasteiger partial charge in [-0.05, 0) is 29.8 Å². The van der Waals surface area contributed by atoms with Crippen LogP contribution in [0.15, 0.2) is 41.0 Å². The van der Waals surface area contributed by atoms with Crippen LogP contribution in [0.5, 0.6) is 0 Å². The van der Waals surface area contributed by atoms with Crippen molar-refractivity contribution in [3.63, 3.8) is 0 Å². The van der Waals surface area contributed by atoms with Crippen molar-refractivity contribution in [2.75, 3.05) is 0 Å². The number of fused-ring (bicyclic) bond motifs is 5. The number of benzene rings is 1. The highest BCUT2D eigenvalue weighted by atomic mass is 79.9. The van der Waals surface area contributed by atoms with Crippen molar-refractivity contribution in [3.05, 3.63) is 57.8 Å². The van der Waals surface area contributed by atoms with E-state index < -0.39 is 5.97 Å². The fourth-order valence-corrected chi connectivity index (χ4v) is 3.13. The second-order valence-electron chi connectivity index (χ2n) is 4.84. The van der Waals surface area contributed by atoms with Gasteiger partial charge in [0.2, 0.25) is 0 Å². The van der Waals surface area contributed by atoms with Gasteiger partial charge in [-0.3, -0.25) is 0 Å². The molecule has 1 N–H and O–H groups in total. The Morgan fingerprint density at radius 2 is 2.15 bits per heavy atom. The number of carboxylic acid groups (broad SMARTS) is 1. The van der Waals surface area contributed by atoms with Crippen LogP contribution in [0.3, 0.4) is 0 Å². The largest absolute Gasteiger partial charge is 0.478 e. The fraction of sp³-hybridized carbons (Fsp3) is 0.0667. The van der Waals surface area contributed by atoms with Crippen LogP contribution in [0.1, 0.15) is 21.6 Å². The minimum Gasteiger partial charge on any atom is -0.478 e. The van der Waals surface area contributed by atoms with Crippen molar-refractivity contribution in [1.82, 2.24) is 9.38 Å². The number of hydrogen-bond donors (Lipinski definition) is 1. The third kappa shape index (κ3) is 1.53. The maximum absolute atomic E-state index is 11.1. The summed E-state index contributed by atoms with van der Waals surface area (Å²) in [5, 5.41) is 9.10. The highest BCUT2D eigenvalue weighted by Gasteiger charge is 2.24. The van der Waals surface area contributed by atoms with Crippen LogP contribution in [-0.2, 0) is 6.42 Å². The lowest BCUT2D eigenvalue weighted by Crippen LogP contribution is -2.00. The molecule has 0 unspecified atom stereocenters. The first kappa shape index (κ1) is 11.7. The number of hydrogen-bond acceptors (Lipinski definition) is 2. The van der Waals surface area contributed by atoms with E-state index in [4.69, 9.17) is 5.11 Å². The number of pyridine rings is 1. The quantitative estimate of drug-likeness (QED) is 0.583. The smallest absolute Gasteiger partial charge is 0.337 e. The standard InChI is InChI=1S/C15H9BrN2O2/c16-10-2-3-11-9(5-10)6-12-14(11)17-13-4-1-8(15(19)20)7-18(12)13/h1-5,7H,6H2,(H,19,20). The van der Waals surface area contributed by atoms with Gasteiger partial charge >= 0.3 is 5.97 Å². The molecule has 1 aliphatic rings. The molecule has 0 saturated heterocycles. The van der Waals surface area contributed by atoms with E-state index in [9.17, 15) is 4.79 Å². The summed E-state index contributed by atoms with van der Waals surface area (Å²) < 4.78 is 2.93. The van der Waals surface area contributed by atoms with Crippen molar-refractivity contribution in [2.45, 2.75) is 6.42 Å². The van der Waals surface area contributed by atoms with Crippen LogP contribution >= 0.6 is 15.9 Å². The molecule has 5 heteroatoms. The molecule has 4 nitrogen and oxygen atoms in total. The van der Waals surface area contributed by atoms with Gasteiger partial charge in [-0.25, -0.2) is 9.78 Å². The number of aromatic carboxylic acids is 1. The Hall–Kier alpha value is -2.14. The molecule has 20 heavy (non-hydrogen) atoms. The van der Waals surface area contributed by atoms with Gasteiger partial charge in [0.15, 0.2) is 0 Å². The van der Waals surface area contributed by atoms with Gasteiger partial charge in [-0.1, -0.05) is 22.0 Å². The maximum atomic E-state index is 11.1. The molecule has 98 valence electrons. The molecule has 0 bridgehead atoms. The predicted octanol–water partition coefficient (Wildman–Crippen LogP) is 3.37. The van der Waals surface area contributed by atoms with E-state index in [1.54, 1.807) is 18.3 Å². The van der Waals surface area contributed by atoms with Crippen LogP contribution in [0, 0.1) is 0 Å². The van der Waals surface area contributed by atoms with Gasteiger partial charge in [0.05, 0.1) is 17.0 Å². The Morgan fingerprint density at radius 1 is 1.30 bits per heavy atom. The molecule has 4 rings (SSSR count). The molecule has 2 heterocycles. The molecular weight excluding hydrogens is 320 g/mol. The van der Waals surface area contributed by atoms with E-state index in [-0.39, 0.29) is 5.56 Å². The van der Waals surface area contributed by atoms with E-state index in [0.717, 1.165) is 33.5 Å². The van der Waals surface area contributed by atoms with E-state index in [1.807, 2.05) is 10.5 Å². The van der Waals surface area contributed by atoms with Gasteiger partial charge < -0.3 is 9.51 Å². The van der Waals surface area contributed by atoms with Gasteiger partial charge in [-0.15, -0.1) is 0 Å². The van der Waals surface area contributed by atoms with Crippen LogP contribution in [-0.4, -0.2) is 20.5 Å². The monoisotopic (exact) mass is 328 g/mol. The number of carbonyl (C=O) groups is 1. The summed E-state index contributed by atoms with van der Waals surface area (Å²) in [4.78, 5) is 15.7. The molecule has 0 spiro atoms. The summed E-state index contributed by atoms with van der Waals surface area (Å²) in [5.41, 5.74) is 5.41. The molecule has 0 saturated carbocycles. The number of nitrogens with zero attached hydrogens (tertiary/aromatic N) is 2. The third-order valence-corrected chi connectivity index (χ3v) is 4.14. The summed E-state index contributed by atoms with van der Waals surface area (Å²) >= 11 is 3.47. The Morgan fingerprint density at radius 3 is 2.95 bits per heavy atom. The minimum atomic E-state index is -0.924. The van der Waals surface area contributed by atoms with Crippen LogP contribution in [0.2, 0.25) is 0 Å². The van der Waals surface area contributed by atoms with Crippen LogP contribution in [0.4, 0.5) is 0 Å². The van der Waals surface area contributed by atoms with E-state index >= 15 is 0 Å². The average molecular weight is 329 g/mol. The lowest BCUT2D eigenvalue weighted by molar-refractivity contribution is 0.0696. The predicted molar refractivity (Wildman–Crippen MR) is 78.1 cm³/mol. The number of imidazole rings is 1. The maximum Gasteiger partial charge on any atom is 0.337 e. The van der Waals surface area contributed by atoms with Gasteiger partial charge in [0, 0.05) is 22.7 Å². The molecule has 0 aliphatic heterocycles. The molecule has 0 amide bonds. The molecule has 3 aromatic rings. The first-order chi connectivity index (χ1) is 9.63. The summed E-state index contributed by atoms with van der Waals surface area (Å²) in [6.07, 6.45) is 2.42. The highest BCUT2D eigenvalue weighted by Crippen LogP contribution is 2.37. The van der Waals surface area contributed by atoms with Crippen molar-refractivity contribution in [3.8, 4) is 11.3 Å². The third-order valence-electron chi connectivity index (χ3n) is 3.64. The summed E-state index contributed by atoms with van der Waals surface area (Å²) in [6.45, 7) is 0. The summed E-state index contributed by atoms with van der Waals surface area (Å²) in [7, 11) is 0.